The van der Waals surface area contributed by atoms with Crippen molar-refractivity contribution in [3.8, 4) is 17.1 Å². The first-order valence-electron chi connectivity index (χ1n) is 4.76. The molecule has 0 unspecified atom stereocenters. The molecular formula is C12H11BrN2O. The second-order valence-electron chi connectivity index (χ2n) is 3.33. The molecule has 0 aliphatic carbocycles. The largest absolute Gasteiger partial charge is 0.481 e. The minimum atomic E-state index is 0.526. The van der Waals surface area contributed by atoms with Gasteiger partial charge in [0.25, 0.3) is 0 Å². The zero-order valence-electron chi connectivity index (χ0n) is 8.77. The summed E-state index contributed by atoms with van der Waals surface area (Å²) in [6.07, 6.45) is 0. The average molecular weight is 279 g/mol. The van der Waals surface area contributed by atoms with E-state index in [0.717, 1.165) is 15.7 Å². The van der Waals surface area contributed by atoms with Gasteiger partial charge >= 0.3 is 0 Å². The van der Waals surface area contributed by atoms with Gasteiger partial charge in [0.1, 0.15) is 0 Å². The number of pyridine rings is 1. The molecule has 2 N–H and O–H groups in total. The van der Waals surface area contributed by atoms with Crippen LogP contribution in [-0.4, -0.2) is 12.1 Å². The topological polar surface area (TPSA) is 48.1 Å². The first-order chi connectivity index (χ1) is 7.69. The zero-order chi connectivity index (χ0) is 11.5. The number of benzene rings is 1. The SMILES string of the molecule is COc1cc(N)cc(-c2ccc(Br)cc2)n1. The summed E-state index contributed by atoms with van der Waals surface area (Å²) < 4.78 is 6.11. The van der Waals surface area contributed by atoms with Crippen molar-refractivity contribution < 1.29 is 4.74 Å². The summed E-state index contributed by atoms with van der Waals surface area (Å²) in [4.78, 5) is 4.33. The molecule has 0 saturated carbocycles. The van der Waals surface area contributed by atoms with Crippen molar-refractivity contribution in [3.05, 3.63) is 40.9 Å². The number of nitrogens with zero attached hydrogens (tertiary/aromatic N) is 1. The van der Waals surface area contributed by atoms with Crippen LogP contribution in [-0.2, 0) is 0 Å². The van der Waals surface area contributed by atoms with E-state index in [1.807, 2.05) is 30.3 Å². The Kier molecular flexibility index (Phi) is 3.10. The maximum atomic E-state index is 5.77. The monoisotopic (exact) mass is 278 g/mol. The summed E-state index contributed by atoms with van der Waals surface area (Å²) >= 11 is 3.39. The Labute approximate surface area is 102 Å². The van der Waals surface area contributed by atoms with E-state index < -0.39 is 0 Å². The predicted molar refractivity (Wildman–Crippen MR) is 68.3 cm³/mol. The van der Waals surface area contributed by atoms with Crippen LogP contribution in [0.1, 0.15) is 0 Å². The first-order valence-corrected chi connectivity index (χ1v) is 5.56. The van der Waals surface area contributed by atoms with Crippen molar-refractivity contribution in [1.29, 1.82) is 0 Å². The molecule has 0 fully saturated rings. The highest BCUT2D eigenvalue weighted by Gasteiger charge is 2.03. The van der Waals surface area contributed by atoms with Crippen LogP contribution in [0.3, 0.4) is 0 Å². The summed E-state index contributed by atoms with van der Waals surface area (Å²) in [5.41, 5.74) is 8.23. The number of methoxy groups -OCH3 is 1. The van der Waals surface area contributed by atoms with Crippen LogP contribution >= 0.6 is 15.9 Å². The molecule has 4 heteroatoms. The average Bonchev–Trinajstić information content (AvgIpc) is 2.29. The van der Waals surface area contributed by atoms with Crippen molar-refractivity contribution >= 4 is 21.6 Å². The fourth-order valence-corrected chi connectivity index (χ4v) is 1.66. The zero-order valence-corrected chi connectivity index (χ0v) is 10.4. The van der Waals surface area contributed by atoms with Crippen molar-refractivity contribution in [2.45, 2.75) is 0 Å². The van der Waals surface area contributed by atoms with E-state index >= 15 is 0 Å². The molecule has 2 rings (SSSR count). The third-order valence-electron chi connectivity index (χ3n) is 2.17. The Morgan fingerprint density at radius 3 is 2.50 bits per heavy atom. The highest BCUT2D eigenvalue weighted by atomic mass is 79.9. The predicted octanol–water partition coefficient (Wildman–Crippen LogP) is 3.10. The maximum Gasteiger partial charge on any atom is 0.215 e. The second kappa shape index (κ2) is 4.53. The van der Waals surface area contributed by atoms with Crippen LogP contribution in [0.15, 0.2) is 40.9 Å². The second-order valence-corrected chi connectivity index (χ2v) is 4.25. The standard InChI is InChI=1S/C12H11BrN2O/c1-16-12-7-10(14)6-11(15-12)8-2-4-9(13)5-3-8/h2-7H,1H3,(H2,14,15). The van der Waals surface area contributed by atoms with Crippen molar-refractivity contribution in [2.24, 2.45) is 0 Å². The molecule has 0 aliphatic heterocycles. The molecule has 0 aliphatic rings. The summed E-state index contributed by atoms with van der Waals surface area (Å²) in [6.45, 7) is 0. The van der Waals surface area contributed by atoms with Gasteiger partial charge in [0.15, 0.2) is 0 Å². The van der Waals surface area contributed by atoms with Crippen molar-refractivity contribution in [2.75, 3.05) is 12.8 Å². The normalized spacial score (nSPS) is 10.1. The first kappa shape index (κ1) is 11.0. The highest BCUT2D eigenvalue weighted by molar-refractivity contribution is 9.10. The maximum absolute atomic E-state index is 5.77. The quantitative estimate of drug-likeness (QED) is 0.918. The van der Waals surface area contributed by atoms with Gasteiger partial charge in [0, 0.05) is 21.8 Å². The number of rotatable bonds is 2. The van der Waals surface area contributed by atoms with E-state index in [-0.39, 0.29) is 0 Å². The molecule has 0 radical (unpaired) electrons. The van der Waals surface area contributed by atoms with Gasteiger partial charge < -0.3 is 10.5 Å². The van der Waals surface area contributed by atoms with Crippen LogP contribution in [0, 0.1) is 0 Å². The highest BCUT2D eigenvalue weighted by Crippen LogP contribution is 2.24. The Morgan fingerprint density at radius 1 is 1.19 bits per heavy atom. The molecular weight excluding hydrogens is 268 g/mol. The van der Waals surface area contributed by atoms with Crippen LogP contribution in [0.2, 0.25) is 0 Å². The van der Waals surface area contributed by atoms with Crippen molar-refractivity contribution in [3.63, 3.8) is 0 Å². The van der Waals surface area contributed by atoms with Crippen LogP contribution in [0.4, 0.5) is 5.69 Å². The van der Waals surface area contributed by atoms with Gasteiger partial charge in [-0.05, 0) is 18.2 Å². The number of ether oxygens (including phenoxy) is 1. The number of anilines is 1. The van der Waals surface area contributed by atoms with E-state index in [2.05, 4.69) is 20.9 Å². The summed E-state index contributed by atoms with van der Waals surface area (Å²) in [5.74, 6) is 0.526. The number of aromatic nitrogens is 1. The van der Waals surface area contributed by atoms with Gasteiger partial charge in [0.2, 0.25) is 5.88 Å². The molecule has 3 nitrogen and oxygen atoms in total. The van der Waals surface area contributed by atoms with Gasteiger partial charge in [-0.15, -0.1) is 0 Å². The summed E-state index contributed by atoms with van der Waals surface area (Å²) in [7, 11) is 1.58. The van der Waals surface area contributed by atoms with E-state index in [4.69, 9.17) is 10.5 Å². The summed E-state index contributed by atoms with van der Waals surface area (Å²) in [5, 5.41) is 0. The van der Waals surface area contributed by atoms with Gasteiger partial charge in [-0.25, -0.2) is 4.98 Å². The lowest BCUT2D eigenvalue weighted by atomic mass is 10.1. The smallest absolute Gasteiger partial charge is 0.215 e. The lowest BCUT2D eigenvalue weighted by molar-refractivity contribution is 0.399. The molecule has 16 heavy (non-hydrogen) atoms. The fourth-order valence-electron chi connectivity index (χ4n) is 1.40. The molecule has 0 atom stereocenters. The molecule has 1 aromatic carbocycles. The van der Waals surface area contributed by atoms with Crippen LogP contribution in [0.5, 0.6) is 5.88 Å². The molecule has 1 heterocycles. The Hall–Kier alpha value is -1.55. The van der Waals surface area contributed by atoms with Gasteiger partial charge in [-0.3, -0.25) is 0 Å². The van der Waals surface area contributed by atoms with Gasteiger partial charge in [0.05, 0.1) is 12.8 Å². The van der Waals surface area contributed by atoms with E-state index in [1.54, 1.807) is 13.2 Å². The molecule has 0 saturated heterocycles. The number of hydrogen-bond acceptors (Lipinski definition) is 3. The lowest BCUT2D eigenvalue weighted by Crippen LogP contribution is -1.94. The lowest BCUT2D eigenvalue weighted by Gasteiger charge is -2.05. The number of nitrogens with two attached hydrogens (primary N) is 1. The van der Waals surface area contributed by atoms with Crippen LogP contribution in [0.25, 0.3) is 11.3 Å². The molecule has 0 bridgehead atoms. The van der Waals surface area contributed by atoms with Crippen LogP contribution < -0.4 is 10.5 Å². The van der Waals surface area contributed by atoms with E-state index in [0.29, 0.717) is 11.6 Å². The van der Waals surface area contributed by atoms with E-state index in [1.165, 1.54) is 0 Å². The molecule has 1 aromatic heterocycles. The Balaban J connectivity index is 2.47. The third-order valence-corrected chi connectivity index (χ3v) is 2.70. The molecule has 0 amide bonds. The number of halogens is 1. The summed E-state index contributed by atoms with van der Waals surface area (Å²) in [6, 6.07) is 11.4. The fraction of sp³-hybridized carbons (Fsp3) is 0.0833. The minimum absolute atomic E-state index is 0.526. The Morgan fingerprint density at radius 2 is 1.88 bits per heavy atom. The van der Waals surface area contributed by atoms with E-state index in [9.17, 15) is 0 Å². The third kappa shape index (κ3) is 2.33. The molecule has 0 spiro atoms. The van der Waals surface area contributed by atoms with Crippen molar-refractivity contribution in [1.82, 2.24) is 4.98 Å². The van der Waals surface area contributed by atoms with Gasteiger partial charge in [-0.1, -0.05) is 28.1 Å². The number of nitrogen functional groups attached to an aromatic ring is 1. The Bertz CT molecular complexity index is 497. The number of hydrogen-bond donors (Lipinski definition) is 1. The minimum Gasteiger partial charge on any atom is -0.481 e. The van der Waals surface area contributed by atoms with Gasteiger partial charge in [-0.2, -0.15) is 0 Å². The molecule has 82 valence electrons. The molecule has 2 aromatic rings.